The summed E-state index contributed by atoms with van der Waals surface area (Å²) in [6.07, 6.45) is -0.0245. The summed E-state index contributed by atoms with van der Waals surface area (Å²) in [5, 5.41) is 2.84. The van der Waals surface area contributed by atoms with E-state index >= 15 is 0 Å². The predicted octanol–water partition coefficient (Wildman–Crippen LogP) is 2.80. The Bertz CT molecular complexity index is 456. The number of carbonyl (C=O) groups is 1. The van der Waals surface area contributed by atoms with Crippen molar-refractivity contribution in [1.82, 2.24) is 0 Å². The van der Waals surface area contributed by atoms with E-state index < -0.39 is 0 Å². The van der Waals surface area contributed by atoms with Gasteiger partial charge in [-0.3, -0.25) is 4.79 Å². The molecule has 1 rings (SSSR count). The van der Waals surface area contributed by atoms with Gasteiger partial charge >= 0.3 is 0 Å². The molecule has 1 atom stereocenters. The van der Waals surface area contributed by atoms with Crippen LogP contribution < -0.4 is 15.8 Å². The van der Waals surface area contributed by atoms with Gasteiger partial charge in [-0.1, -0.05) is 13.8 Å². The maximum atomic E-state index is 11.2. The lowest BCUT2D eigenvalue weighted by molar-refractivity contribution is -0.114. The van der Waals surface area contributed by atoms with E-state index in [9.17, 15) is 4.79 Å². The van der Waals surface area contributed by atoms with Gasteiger partial charge in [-0.2, -0.15) is 0 Å². The lowest BCUT2D eigenvalue weighted by Gasteiger charge is -2.20. The number of rotatable bonds is 5. The van der Waals surface area contributed by atoms with Gasteiger partial charge in [0, 0.05) is 19.2 Å². The van der Waals surface area contributed by atoms with Crippen LogP contribution >= 0.6 is 0 Å². The zero-order chi connectivity index (χ0) is 14.6. The number of aryl methyl sites for hydroxylation is 1. The summed E-state index contributed by atoms with van der Waals surface area (Å²) in [6.45, 7) is 10.1. The summed E-state index contributed by atoms with van der Waals surface area (Å²) < 4.78 is 5.86. The summed E-state index contributed by atoms with van der Waals surface area (Å²) in [7, 11) is 0. The third-order valence-electron chi connectivity index (χ3n) is 2.95. The van der Waals surface area contributed by atoms with Gasteiger partial charge in [0.2, 0.25) is 5.91 Å². The zero-order valence-electron chi connectivity index (χ0n) is 12.4. The van der Waals surface area contributed by atoms with Crippen LogP contribution in [0, 0.1) is 6.92 Å². The molecule has 0 fully saturated rings. The van der Waals surface area contributed by atoms with Crippen LogP contribution in [0.3, 0.4) is 0 Å². The van der Waals surface area contributed by atoms with E-state index in [1.54, 1.807) is 0 Å². The molecule has 0 saturated carbocycles. The number of hydrogen-bond donors (Lipinski definition) is 2. The Morgan fingerprint density at radius 2 is 2.00 bits per heavy atom. The van der Waals surface area contributed by atoms with Crippen LogP contribution in [-0.2, 0) is 4.79 Å². The zero-order valence-corrected chi connectivity index (χ0v) is 12.4. The first-order valence-corrected chi connectivity index (χ1v) is 6.64. The molecule has 3 N–H and O–H groups in total. The normalized spacial score (nSPS) is 12.4. The van der Waals surface area contributed by atoms with Gasteiger partial charge in [0.25, 0.3) is 0 Å². The summed E-state index contributed by atoms with van der Waals surface area (Å²) in [5.41, 5.74) is 8.50. The molecule has 19 heavy (non-hydrogen) atoms. The standard InChI is InChI=1S/C15H24N2O2/c1-9(2)13-7-14(17-12(5)18)10(3)6-15(13)19-11(4)8-16/h6-7,9,11H,8,16H2,1-5H3,(H,17,18). The van der Waals surface area contributed by atoms with Crippen molar-refractivity contribution in [2.75, 3.05) is 11.9 Å². The second kappa shape index (κ2) is 6.57. The first-order valence-electron chi connectivity index (χ1n) is 6.64. The average Bonchev–Trinajstić information content (AvgIpc) is 2.31. The quantitative estimate of drug-likeness (QED) is 0.859. The molecule has 106 valence electrons. The smallest absolute Gasteiger partial charge is 0.221 e. The monoisotopic (exact) mass is 264 g/mol. The molecule has 0 spiro atoms. The summed E-state index contributed by atoms with van der Waals surface area (Å²) >= 11 is 0. The second-order valence-corrected chi connectivity index (χ2v) is 5.21. The lowest BCUT2D eigenvalue weighted by atomic mass is 9.99. The summed E-state index contributed by atoms with van der Waals surface area (Å²) in [6, 6.07) is 3.95. The van der Waals surface area contributed by atoms with Crippen molar-refractivity contribution in [1.29, 1.82) is 0 Å². The van der Waals surface area contributed by atoms with Crippen LogP contribution in [0.25, 0.3) is 0 Å². The molecular weight excluding hydrogens is 240 g/mol. The molecule has 0 bridgehead atoms. The maximum Gasteiger partial charge on any atom is 0.221 e. The Morgan fingerprint density at radius 3 is 2.47 bits per heavy atom. The van der Waals surface area contributed by atoms with E-state index in [-0.39, 0.29) is 12.0 Å². The number of hydrogen-bond acceptors (Lipinski definition) is 3. The Balaban J connectivity index is 3.17. The van der Waals surface area contributed by atoms with Gasteiger partial charge < -0.3 is 15.8 Å². The molecule has 0 heterocycles. The minimum absolute atomic E-state index is 0.0245. The van der Waals surface area contributed by atoms with Crippen molar-refractivity contribution >= 4 is 11.6 Å². The van der Waals surface area contributed by atoms with E-state index in [1.807, 2.05) is 26.0 Å². The van der Waals surface area contributed by atoms with Gasteiger partial charge in [0.05, 0.1) is 0 Å². The molecule has 0 aliphatic carbocycles. The number of nitrogens with two attached hydrogens (primary N) is 1. The van der Waals surface area contributed by atoms with Crippen LogP contribution in [0.2, 0.25) is 0 Å². The van der Waals surface area contributed by atoms with Crippen molar-refractivity contribution in [3.63, 3.8) is 0 Å². The number of anilines is 1. The molecule has 0 aliphatic heterocycles. The van der Waals surface area contributed by atoms with Gasteiger partial charge in [-0.05, 0) is 43.0 Å². The molecule has 1 aromatic carbocycles. The Kier molecular flexibility index (Phi) is 5.36. The average molecular weight is 264 g/mol. The maximum absolute atomic E-state index is 11.2. The van der Waals surface area contributed by atoms with Gasteiger partial charge in [-0.15, -0.1) is 0 Å². The molecule has 0 aromatic heterocycles. The van der Waals surface area contributed by atoms with Crippen LogP contribution in [-0.4, -0.2) is 18.6 Å². The summed E-state index contributed by atoms with van der Waals surface area (Å²) in [5.74, 6) is 1.09. The fraction of sp³-hybridized carbons (Fsp3) is 0.533. The molecule has 0 saturated heterocycles. The van der Waals surface area contributed by atoms with Crippen LogP contribution in [0.5, 0.6) is 5.75 Å². The highest BCUT2D eigenvalue weighted by Gasteiger charge is 2.14. The molecule has 0 aliphatic rings. The Hall–Kier alpha value is -1.55. The molecule has 1 amide bonds. The van der Waals surface area contributed by atoms with E-state index in [4.69, 9.17) is 10.5 Å². The molecule has 4 nitrogen and oxygen atoms in total. The third kappa shape index (κ3) is 4.24. The second-order valence-electron chi connectivity index (χ2n) is 5.21. The minimum Gasteiger partial charge on any atom is -0.489 e. The van der Waals surface area contributed by atoms with Crippen molar-refractivity contribution in [2.45, 2.75) is 46.6 Å². The number of amides is 1. The van der Waals surface area contributed by atoms with E-state index in [0.29, 0.717) is 12.5 Å². The van der Waals surface area contributed by atoms with E-state index in [0.717, 1.165) is 22.6 Å². The Morgan fingerprint density at radius 1 is 1.37 bits per heavy atom. The number of nitrogens with one attached hydrogen (secondary N) is 1. The van der Waals surface area contributed by atoms with E-state index in [1.165, 1.54) is 6.92 Å². The van der Waals surface area contributed by atoms with Gasteiger partial charge in [-0.25, -0.2) is 0 Å². The summed E-state index contributed by atoms with van der Waals surface area (Å²) in [4.78, 5) is 11.2. The number of carbonyl (C=O) groups excluding carboxylic acids is 1. The van der Waals surface area contributed by atoms with E-state index in [2.05, 4.69) is 19.2 Å². The number of ether oxygens (including phenoxy) is 1. The van der Waals surface area contributed by atoms with Crippen molar-refractivity contribution in [3.05, 3.63) is 23.3 Å². The predicted molar refractivity (Wildman–Crippen MR) is 78.7 cm³/mol. The van der Waals surface area contributed by atoms with Gasteiger partial charge in [0.1, 0.15) is 11.9 Å². The molecule has 4 heteroatoms. The topological polar surface area (TPSA) is 64.3 Å². The fourth-order valence-electron chi connectivity index (χ4n) is 1.84. The highest BCUT2D eigenvalue weighted by Crippen LogP contribution is 2.32. The first-order chi connectivity index (χ1) is 8.85. The van der Waals surface area contributed by atoms with Crippen molar-refractivity contribution in [3.8, 4) is 5.75 Å². The minimum atomic E-state index is -0.0678. The third-order valence-corrected chi connectivity index (χ3v) is 2.95. The molecular formula is C15H24N2O2. The molecule has 1 unspecified atom stereocenters. The number of benzene rings is 1. The highest BCUT2D eigenvalue weighted by atomic mass is 16.5. The van der Waals surface area contributed by atoms with Gasteiger partial charge in [0.15, 0.2) is 0 Å². The van der Waals surface area contributed by atoms with Crippen LogP contribution in [0.4, 0.5) is 5.69 Å². The SMILES string of the molecule is CC(=O)Nc1cc(C(C)C)c(OC(C)CN)cc1C. The Labute approximate surface area is 115 Å². The van der Waals surface area contributed by atoms with Crippen LogP contribution in [0.15, 0.2) is 12.1 Å². The first kappa shape index (κ1) is 15.5. The van der Waals surface area contributed by atoms with Crippen LogP contribution in [0.1, 0.15) is 44.7 Å². The van der Waals surface area contributed by atoms with Crippen molar-refractivity contribution in [2.24, 2.45) is 5.73 Å². The lowest BCUT2D eigenvalue weighted by Crippen LogP contribution is -2.23. The highest BCUT2D eigenvalue weighted by molar-refractivity contribution is 5.89. The molecule has 1 aromatic rings. The van der Waals surface area contributed by atoms with Crippen molar-refractivity contribution < 1.29 is 9.53 Å². The molecule has 0 radical (unpaired) electrons. The largest absolute Gasteiger partial charge is 0.489 e. The fourth-order valence-corrected chi connectivity index (χ4v) is 1.84.